The van der Waals surface area contributed by atoms with Gasteiger partial charge in [0.15, 0.2) is 0 Å². The molecule has 0 radical (unpaired) electrons. The topological polar surface area (TPSA) is 42.1 Å². The van der Waals surface area contributed by atoms with Gasteiger partial charge in [-0.25, -0.2) is 4.79 Å². The summed E-state index contributed by atoms with van der Waals surface area (Å²) in [6.45, 7) is 8.93. The minimum Gasteiger partial charge on any atom is -0.444 e. The fourth-order valence-electron chi connectivity index (χ4n) is 2.93. The SMILES string of the molecule is Cc1ccccc1C12CN(C(=O)OC(C)(C)C)CC1O2. The minimum atomic E-state index is -0.458. The number of hydrogen-bond acceptors (Lipinski definition) is 3. The number of benzene rings is 1. The van der Waals surface area contributed by atoms with E-state index in [1.54, 1.807) is 4.90 Å². The van der Waals surface area contributed by atoms with E-state index in [1.165, 1.54) is 11.1 Å². The van der Waals surface area contributed by atoms with Gasteiger partial charge in [-0.2, -0.15) is 0 Å². The molecule has 2 aliphatic rings. The van der Waals surface area contributed by atoms with E-state index in [1.807, 2.05) is 32.9 Å². The van der Waals surface area contributed by atoms with Crippen LogP contribution in [0.3, 0.4) is 0 Å². The van der Waals surface area contributed by atoms with Crippen molar-refractivity contribution in [2.75, 3.05) is 13.1 Å². The van der Waals surface area contributed by atoms with Gasteiger partial charge in [0, 0.05) is 0 Å². The van der Waals surface area contributed by atoms with Crippen LogP contribution in [0, 0.1) is 6.92 Å². The highest BCUT2D eigenvalue weighted by atomic mass is 16.6. The van der Waals surface area contributed by atoms with Crippen LogP contribution in [0.1, 0.15) is 31.9 Å². The van der Waals surface area contributed by atoms with Crippen molar-refractivity contribution in [3.63, 3.8) is 0 Å². The Morgan fingerprint density at radius 2 is 2.10 bits per heavy atom. The van der Waals surface area contributed by atoms with Crippen molar-refractivity contribution >= 4 is 6.09 Å². The predicted octanol–water partition coefficient (Wildman–Crippen LogP) is 2.84. The molecule has 2 atom stereocenters. The smallest absolute Gasteiger partial charge is 0.410 e. The maximum Gasteiger partial charge on any atom is 0.410 e. The number of carbonyl (C=O) groups excluding carboxylic acids is 1. The van der Waals surface area contributed by atoms with Gasteiger partial charge in [-0.3, -0.25) is 0 Å². The summed E-state index contributed by atoms with van der Waals surface area (Å²) in [6, 6.07) is 8.21. The number of fused-ring (bicyclic) bond motifs is 1. The molecule has 2 unspecified atom stereocenters. The second kappa shape index (κ2) is 4.22. The van der Waals surface area contributed by atoms with Crippen molar-refractivity contribution in [3.8, 4) is 0 Å². The number of likely N-dealkylation sites (tertiary alicyclic amines) is 1. The Hall–Kier alpha value is -1.55. The molecule has 0 bridgehead atoms. The van der Waals surface area contributed by atoms with Crippen LogP contribution in [0.4, 0.5) is 4.79 Å². The highest BCUT2D eigenvalue weighted by Gasteiger charge is 2.65. The number of amides is 1. The van der Waals surface area contributed by atoms with E-state index in [4.69, 9.17) is 9.47 Å². The number of carbonyl (C=O) groups is 1. The molecule has 1 aromatic carbocycles. The zero-order chi connectivity index (χ0) is 14.5. The van der Waals surface area contributed by atoms with Crippen molar-refractivity contribution < 1.29 is 14.3 Å². The van der Waals surface area contributed by atoms with Gasteiger partial charge in [-0.15, -0.1) is 0 Å². The number of nitrogens with zero attached hydrogens (tertiary/aromatic N) is 1. The van der Waals surface area contributed by atoms with Gasteiger partial charge < -0.3 is 14.4 Å². The first-order valence-corrected chi connectivity index (χ1v) is 7.04. The van der Waals surface area contributed by atoms with Crippen LogP contribution in [0.15, 0.2) is 24.3 Å². The first-order chi connectivity index (χ1) is 9.32. The van der Waals surface area contributed by atoms with Crippen molar-refractivity contribution in [3.05, 3.63) is 35.4 Å². The average molecular weight is 275 g/mol. The number of hydrogen-bond donors (Lipinski definition) is 0. The van der Waals surface area contributed by atoms with Crippen molar-refractivity contribution in [1.82, 2.24) is 4.90 Å². The molecule has 0 saturated carbocycles. The summed E-state index contributed by atoms with van der Waals surface area (Å²) in [6.07, 6.45) is -0.141. The lowest BCUT2D eigenvalue weighted by atomic mass is 9.93. The zero-order valence-electron chi connectivity index (χ0n) is 12.5. The highest BCUT2D eigenvalue weighted by Crippen LogP contribution is 2.52. The van der Waals surface area contributed by atoms with Gasteiger partial charge in [0.25, 0.3) is 0 Å². The molecular formula is C16H21NO3. The van der Waals surface area contributed by atoms with E-state index in [0.717, 1.165) is 0 Å². The molecule has 0 N–H and O–H groups in total. The summed E-state index contributed by atoms with van der Waals surface area (Å²) >= 11 is 0. The number of rotatable bonds is 1. The largest absolute Gasteiger partial charge is 0.444 e. The first kappa shape index (κ1) is 13.4. The summed E-state index contributed by atoms with van der Waals surface area (Å²) < 4.78 is 11.3. The van der Waals surface area contributed by atoms with Gasteiger partial charge in [0.2, 0.25) is 0 Å². The number of aryl methyl sites for hydroxylation is 1. The second-order valence-corrected chi connectivity index (χ2v) is 6.67. The molecule has 0 aliphatic carbocycles. The van der Waals surface area contributed by atoms with E-state index in [9.17, 15) is 4.79 Å². The average Bonchev–Trinajstić information content (AvgIpc) is 2.90. The van der Waals surface area contributed by atoms with E-state index in [0.29, 0.717) is 13.1 Å². The van der Waals surface area contributed by atoms with Crippen LogP contribution in [0.25, 0.3) is 0 Å². The number of epoxide rings is 1. The molecule has 2 saturated heterocycles. The fraction of sp³-hybridized carbons (Fsp3) is 0.562. The van der Waals surface area contributed by atoms with Crippen LogP contribution >= 0.6 is 0 Å². The predicted molar refractivity (Wildman–Crippen MR) is 75.5 cm³/mol. The summed E-state index contributed by atoms with van der Waals surface area (Å²) in [5.41, 5.74) is 1.64. The number of ether oxygens (including phenoxy) is 2. The van der Waals surface area contributed by atoms with Crippen LogP contribution < -0.4 is 0 Å². The molecule has 4 heteroatoms. The van der Waals surface area contributed by atoms with Crippen molar-refractivity contribution in [2.45, 2.75) is 45.0 Å². The Labute approximate surface area is 119 Å². The van der Waals surface area contributed by atoms with Gasteiger partial charge in [0.1, 0.15) is 17.3 Å². The summed E-state index contributed by atoms with van der Waals surface area (Å²) in [4.78, 5) is 13.9. The Kier molecular flexibility index (Phi) is 2.83. The highest BCUT2D eigenvalue weighted by molar-refractivity contribution is 5.69. The normalized spacial score (nSPS) is 28.2. The summed E-state index contributed by atoms with van der Waals surface area (Å²) in [5.74, 6) is 0. The van der Waals surface area contributed by atoms with E-state index in [2.05, 4.69) is 19.1 Å². The van der Waals surface area contributed by atoms with E-state index >= 15 is 0 Å². The van der Waals surface area contributed by atoms with Crippen LogP contribution in [0.2, 0.25) is 0 Å². The minimum absolute atomic E-state index is 0.108. The molecule has 2 fully saturated rings. The molecule has 2 heterocycles. The lowest BCUT2D eigenvalue weighted by Crippen LogP contribution is -2.38. The molecule has 4 nitrogen and oxygen atoms in total. The molecule has 0 aromatic heterocycles. The molecule has 2 aliphatic heterocycles. The molecule has 1 amide bonds. The molecular weight excluding hydrogens is 254 g/mol. The molecule has 1 aromatic rings. The first-order valence-electron chi connectivity index (χ1n) is 7.04. The third kappa shape index (κ3) is 2.18. The molecule has 108 valence electrons. The Morgan fingerprint density at radius 3 is 2.75 bits per heavy atom. The third-order valence-electron chi connectivity index (χ3n) is 3.88. The van der Waals surface area contributed by atoms with Crippen LogP contribution in [0.5, 0.6) is 0 Å². The lowest BCUT2D eigenvalue weighted by molar-refractivity contribution is 0.0195. The molecule has 3 rings (SSSR count). The Bertz CT molecular complexity index is 549. The van der Waals surface area contributed by atoms with Gasteiger partial charge in [-0.1, -0.05) is 24.3 Å². The maximum atomic E-state index is 12.1. The second-order valence-electron chi connectivity index (χ2n) is 6.67. The number of morpholine rings is 1. The van der Waals surface area contributed by atoms with Crippen molar-refractivity contribution in [2.24, 2.45) is 0 Å². The monoisotopic (exact) mass is 275 g/mol. The summed E-state index contributed by atoms with van der Waals surface area (Å²) in [7, 11) is 0. The van der Waals surface area contributed by atoms with Crippen molar-refractivity contribution in [1.29, 1.82) is 0 Å². The maximum absolute atomic E-state index is 12.1. The summed E-state index contributed by atoms with van der Waals surface area (Å²) in [5, 5.41) is 0. The van der Waals surface area contributed by atoms with Crippen LogP contribution in [-0.2, 0) is 15.1 Å². The fourth-order valence-corrected chi connectivity index (χ4v) is 2.93. The third-order valence-corrected chi connectivity index (χ3v) is 3.88. The quantitative estimate of drug-likeness (QED) is 0.740. The molecule has 0 spiro atoms. The van der Waals surface area contributed by atoms with Gasteiger partial charge >= 0.3 is 6.09 Å². The van der Waals surface area contributed by atoms with Crippen LogP contribution in [-0.4, -0.2) is 35.8 Å². The van der Waals surface area contributed by atoms with Gasteiger partial charge in [-0.05, 0) is 38.8 Å². The molecule has 20 heavy (non-hydrogen) atoms. The zero-order valence-corrected chi connectivity index (χ0v) is 12.5. The lowest BCUT2D eigenvalue weighted by Gasteiger charge is -2.26. The Morgan fingerprint density at radius 1 is 1.40 bits per heavy atom. The van der Waals surface area contributed by atoms with Gasteiger partial charge in [0.05, 0.1) is 13.1 Å². The standard InChI is InChI=1S/C16H21NO3/c1-11-7-5-6-8-12(11)16-10-17(9-13(16)19-16)14(18)20-15(2,3)4/h5-8,13H,9-10H2,1-4H3. The van der Waals surface area contributed by atoms with E-state index < -0.39 is 5.60 Å². The Balaban J connectivity index is 1.75. The van der Waals surface area contributed by atoms with E-state index in [-0.39, 0.29) is 17.8 Å².